The summed E-state index contributed by atoms with van der Waals surface area (Å²) >= 11 is 0. The lowest BCUT2D eigenvalue weighted by Gasteiger charge is -2.27. The largest absolute Gasteiger partial charge is 0.477 e. The molecule has 2 aromatic rings. The van der Waals surface area contributed by atoms with Crippen LogP contribution >= 0.6 is 0 Å². The lowest BCUT2D eigenvalue weighted by Crippen LogP contribution is -2.26. The topological polar surface area (TPSA) is 64.3 Å². The molecule has 4 rings (SSSR count). The number of aryl methyl sites for hydroxylation is 1. The van der Waals surface area contributed by atoms with E-state index in [4.69, 9.17) is 10.4 Å². The Balaban J connectivity index is 1.78. The van der Waals surface area contributed by atoms with E-state index >= 15 is 0 Å². The van der Waals surface area contributed by atoms with Gasteiger partial charge in [0.25, 0.3) is 0 Å². The van der Waals surface area contributed by atoms with Crippen molar-refractivity contribution in [2.45, 2.75) is 38.1 Å². The third-order valence-corrected chi connectivity index (χ3v) is 5.50. The Morgan fingerprint density at radius 1 is 1.23 bits per heavy atom. The van der Waals surface area contributed by atoms with Crippen LogP contribution < -0.4 is 4.90 Å². The smallest absolute Gasteiger partial charge is 0.346 e. The van der Waals surface area contributed by atoms with Crippen LogP contribution in [0.4, 0.5) is 11.4 Å². The monoisotopic (exact) mass is 344 g/mol. The van der Waals surface area contributed by atoms with Gasteiger partial charge in [-0.3, -0.25) is 0 Å². The summed E-state index contributed by atoms with van der Waals surface area (Å²) in [5, 5.41) is 18.1. The molecule has 130 valence electrons. The minimum atomic E-state index is -1.19. The highest BCUT2D eigenvalue weighted by Crippen LogP contribution is 2.52. The number of fused-ring (bicyclic) bond motifs is 3. The first-order valence-corrected chi connectivity index (χ1v) is 8.93. The summed E-state index contributed by atoms with van der Waals surface area (Å²) < 4.78 is 0. The highest BCUT2D eigenvalue weighted by molar-refractivity contribution is 5.96. The first kappa shape index (κ1) is 16.4. The van der Waals surface area contributed by atoms with Gasteiger partial charge >= 0.3 is 5.97 Å². The SMILES string of the molecule is Cc1ccc(N2c3ccc(/C=C(/C#N)C(=O)O)cc3C3CCCC32)cc1. The number of rotatable bonds is 3. The third kappa shape index (κ3) is 2.66. The number of carboxylic acids is 1. The van der Waals surface area contributed by atoms with Crippen LogP contribution in [0, 0.1) is 18.3 Å². The summed E-state index contributed by atoms with van der Waals surface area (Å²) in [6, 6.07) is 16.9. The van der Waals surface area contributed by atoms with Crippen LogP contribution in [0.3, 0.4) is 0 Å². The molecule has 0 radical (unpaired) electrons. The number of nitrogens with zero attached hydrogens (tertiary/aromatic N) is 2. The van der Waals surface area contributed by atoms with Gasteiger partial charge in [0.05, 0.1) is 0 Å². The fourth-order valence-corrected chi connectivity index (χ4v) is 4.31. The van der Waals surface area contributed by atoms with Crippen molar-refractivity contribution in [2.75, 3.05) is 4.90 Å². The van der Waals surface area contributed by atoms with Crippen LogP contribution in [0.2, 0.25) is 0 Å². The van der Waals surface area contributed by atoms with Crippen LogP contribution in [0.25, 0.3) is 6.08 Å². The van der Waals surface area contributed by atoms with Gasteiger partial charge in [0.1, 0.15) is 11.6 Å². The number of benzene rings is 2. The molecule has 26 heavy (non-hydrogen) atoms. The first-order chi connectivity index (χ1) is 12.6. The van der Waals surface area contributed by atoms with Crippen LogP contribution in [0.1, 0.15) is 41.9 Å². The highest BCUT2D eigenvalue weighted by atomic mass is 16.4. The standard InChI is InChI=1S/C22H20N2O2/c1-14-5-8-17(9-6-14)24-20-4-2-3-18(20)19-12-15(7-10-21(19)24)11-16(13-23)22(25)26/h5-12,18,20H,2-4H2,1H3,(H,25,26)/b16-11-. The Bertz CT molecular complexity index is 938. The van der Waals surface area contributed by atoms with Gasteiger partial charge < -0.3 is 10.0 Å². The molecule has 1 heterocycles. The number of nitriles is 1. The number of carbonyl (C=O) groups is 1. The van der Waals surface area contributed by atoms with E-state index in [0.717, 1.165) is 18.4 Å². The van der Waals surface area contributed by atoms with Crippen molar-refractivity contribution in [3.8, 4) is 6.07 Å². The quantitative estimate of drug-likeness (QED) is 0.643. The number of anilines is 2. The van der Waals surface area contributed by atoms with Crippen molar-refractivity contribution in [2.24, 2.45) is 0 Å². The summed E-state index contributed by atoms with van der Waals surface area (Å²) in [5.41, 5.74) is 5.46. The zero-order valence-corrected chi connectivity index (χ0v) is 14.6. The fourth-order valence-electron chi connectivity index (χ4n) is 4.31. The molecule has 1 aliphatic heterocycles. The average molecular weight is 344 g/mol. The Morgan fingerprint density at radius 2 is 2.00 bits per heavy atom. The van der Waals surface area contributed by atoms with Crippen LogP contribution in [0.5, 0.6) is 0 Å². The zero-order chi connectivity index (χ0) is 18.3. The number of hydrogen-bond donors (Lipinski definition) is 1. The number of aliphatic carboxylic acids is 1. The van der Waals surface area contributed by atoms with Crippen LogP contribution in [-0.2, 0) is 4.79 Å². The van der Waals surface area contributed by atoms with Crippen molar-refractivity contribution < 1.29 is 9.90 Å². The maximum atomic E-state index is 11.1. The molecule has 2 aromatic carbocycles. The first-order valence-electron chi connectivity index (χ1n) is 8.93. The summed E-state index contributed by atoms with van der Waals surface area (Å²) in [6.45, 7) is 2.09. The second-order valence-corrected chi connectivity index (χ2v) is 7.10. The van der Waals surface area contributed by atoms with E-state index in [1.54, 1.807) is 6.07 Å². The van der Waals surface area contributed by atoms with Gasteiger partial charge in [0.15, 0.2) is 0 Å². The molecular formula is C22H20N2O2. The summed E-state index contributed by atoms with van der Waals surface area (Å²) in [4.78, 5) is 13.5. The molecular weight excluding hydrogens is 324 g/mol. The Hall–Kier alpha value is -3.06. The van der Waals surface area contributed by atoms with Crippen LogP contribution in [-0.4, -0.2) is 17.1 Å². The molecule has 0 aromatic heterocycles. The molecule has 1 N–H and O–H groups in total. The second kappa shape index (κ2) is 6.34. The van der Waals surface area contributed by atoms with Gasteiger partial charge in [0, 0.05) is 23.3 Å². The minimum absolute atomic E-state index is 0.235. The molecule has 1 saturated carbocycles. The molecule has 4 nitrogen and oxygen atoms in total. The molecule has 0 amide bonds. The van der Waals surface area contributed by atoms with Gasteiger partial charge in [-0.25, -0.2) is 4.79 Å². The van der Waals surface area contributed by atoms with Crippen molar-refractivity contribution in [3.63, 3.8) is 0 Å². The maximum Gasteiger partial charge on any atom is 0.346 e. The van der Waals surface area contributed by atoms with Crippen molar-refractivity contribution in [3.05, 3.63) is 64.7 Å². The third-order valence-electron chi connectivity index (χ3n) is 5.50. The number of hydrogen-bond acceptors (Lipinski definition) is 3. The predicted octanol–water partition coefficient (Wildman–Crippen LogP) is 4.77. The van der Waals surface area contributed by atoms with E-state index in [-0.39, 0.29) is 5.57 Å². The Labute approximate surface area is 153 Å². The van der Waals surface area contributed by atoms with E-state index in [2.05, 4.69) is 48.2 Å². The molecule has 2 atom stereocenters. The van der Waals surface area contributed by atoms with Crippen LogP contribution in [0.15, 0.2) is 48.0 Å². The lowest BCUT2D eigenvalue weighted by atomic mass is 9.95. The van der Waals surface area contributed by atoms with Gasteiger partial charge in [-0.05, 0) is 61.2 Å². The summed E-state index contributed by atoms with van der Waals surface area (Å²) in [6.07, 6.45) is 4.98. The molecule has 0 bridgehead atoms. The van der Waals surface area contributed by atoms with Crippen molar-refractivity contribution in [1.29, 1.82) is 5.26 Å². The van der Waals surface area contributed by atoms with Gasteiger partial charge in [-0.15, -0.1) is 0 Å². The average Bonchev–Trinajstić information content (AvgIpc) is 3.21. The lowest BCUT2D eigenvalue weighted by molar-refractivity contribution is -0.132. The molecule has 0 saturated heterocycles. The second-order valence-electron chi connectivity index (χ2n) is 7.10. The molecule has 2 aliphatic rings. The summed E-state index contributed by atoms with van der Waals surface area (Å²) in [5.74, 6) is -0.719. The van der Waals surface area contributed by atoms with Crippen molar-refractivity contribution >= 4 is 23.4 Å². The van der Waals surface area contributed by atoms with E-state index in [0.29, 0.717) is 12.0 Å². The molecule has 0 spiro atoms. The van der Waals surface area contributed by atoms with E-state index in [9.17, 15) is 4.79 Å². The molecule has 1 fully saturated rings. The van der Waals surface area contributed by atoms with Gasteiger partial charge in [-0.2, -0.15) is 5.26 Å². The molecule has 4 heteroatoms. The predicted molar refractivity (Wildman–Crippen MR) is 101 cm³/mol. The maximum absolute atomic E-state index is 11.1. The highest BCUT2D eigenvalue weighted by Gasteiger charge is 2.42. The molecule has 1 aliphatic carbocycles. The summed E-state index contributed by atoms with van der Waals surface area (Å²) in [7, 11) is 0. The minimum Gasteiger partial charge on any atom is -0.477 e. The Morgan fingerprint density at radius 3 is 2.69 bits per heavy atom. The molecule has 2 unspecified atom stereocenters. The fraction of sp³-hybridized carbons (Fsp3) is 0.273. The van der Waals surface area contributed by atoms with E-state index in [1.807, 2.05) is 6.07 Å². The van der Waals surface area contributed by atoms with E-state index < -0.39 is 5.97 Å². The Kier molecular flexibility index (Phi) is 4.00. The normalized spacial score (nSPS) is 21.2. The van der Waals surface area contributed by atoms with Crippen molar-refractivity contribution in [1.82, 2.24) is 0 Å². The van der Waals surface area contributed by atoms with Gasteiger partial charge in [0.2, 0.25) is 0 Å². The number of carboxylic acid groups (broad SMARTS) is 1. The van der Waals surface area contributed by atoms with Gasteiger partial charge in [-0.1, -0.05) is 30.2 Å². The zero-order valence-electron chi connectivity index (χ0n) is 14.6. The van der Waals surface area contributed by atoms with E-state index in [1.165, 1.54) is 35.0 Å².